The maximum atomic E-state index is 9.48. The van der Waals surface area contributed by atoms with Crippen molar-refractivity contribution >= 4 is 0 Å². The quantitative estimate of drug-likeness (QED) is 0.470. The number of rotatable bonds is 9. The minimum atomic E-state index is -0.751. The summed E-state index contributed by atoms with van der Waals surface area (Å²) in [6.07, 6.45) is 6.50. The van der Waals surface area contributed by atoms with Gasteiger partial charge in [-0.25, -0.2) is 4.98 Å². The summed E-state index contributed by atoms with van der Waals surface area (Å²) in [7, 11) is 0. The van der Waals surface area contributed by atoms with Crippen LogP contribution in [0, 0.1) is 0 Å². The van der Waals surface area contributed by atoms with Crippen molar-refractivity contribution in [3.63, 3.8) is 0 Å². The van der Waals surface area contributed by atoms with E-state index in [0.29, 0.717) is 38.4 Å². The van der Waals surface area contributed by atoms with Crippen molar-refractivity contribution < 1.29 is 19.0 Å². The predicted octanol–water partition coefficient (Wildman–Crippen LogP) is 5.40. The summed E-state index contributed by atoms with van der Waals surface area (Å²) in [5, 5.41) is 9.48. The van der Waals surface area contributed by atoms with E-state index < -0.39 is 5.79 Å². The summed E-state index contributed by atoms with van der Waals surface area (Å²) < 4.78 is 18.2. The molecule has 1 N–H and O–H groups in total. The van der Waals surface area contributed by atoms with E-state index >= 15 is 0 Å². The monoisotopic (exact) mass is 419 g/mol. The van der Waals surface area contributed by atoms with Crippen molar-refractivity contribution in [2.75, 3.05) is 13.2 Å². The molecule has 1 unspecified atom stereocenters. The zero-order chi connectivity index (χ0) is 21.5. The molecule has 2 aromatic carbocycles. The van der Waals surface area contributed by atoms with Gasteiger partial charge >= 0.3 is 0 Å². The Hall–Kier alpha value is -2.73. The Morgan fingerprint density at radius 2 is 1.65 bits per heavy atom. The second kappa shape index (κ2) is 10.1. The number of oxazole rings is 1. The Bertz CT molecular complexity index is 973. The largest absolute Gasteiger partial charge is 0.436 e. The third-order valence-electron chi connectivity index (χ3n) is 5.36. The zero-order valence-electron chi connectivity index (χ0n) is 17.9. The van der Waals surface area contributed by atoms with Crippen LogP contribution in [0.5, 0.6) is 0 Å². The third kappa shape index (κ3) is 5.50. The number of aliphatic hydroxyl groups excluding tert-OH is 1. The minimum absolute atomic E-state index is 0.314. The van der Waals surface area contributed by atoms with Gasteiger partial charge in [0, 0.05) is 17.5 Å². The number of benzene rings is 2. The first-order valence-corrected chi connectivity index (χ1v) is 10.9. The Labute approximate surface area is 183 Å². The Kier molecular flexibility index (Phi) is 6.97. The molecule has 1 saturated heterocycles. The highest BCUT2D eigenvalue weighted by atomic mass is 16.7. The lowest BCUT2D eigenvalue weighted by molar-refractivity contribution is -0.121. The average molecular weight is 420 g/mol. The molecule has 1 aliphatic rings. The smallest absolute Gasteiger partial charge is 0.227 e. The number of hydrogen-bond acceptors (Lipinski definition) is 5. The number of ether oxygens (including phenoxy) is 2. The van der Waals surface area contributed by atoms with Crippen LogP contribution in [-0.2, 0) is 15.9 Å². The van der Waals surface area contributed by atoms with E-state index in [1.807, 2.05) is 72.8 Å². The summed E-state index contributed by atoms with van der Waals surface area (Å²) in [4.78, 5) is 4.83. The standard InChI is InChI=1S/C26H29NO4/c1-20(28)10-8-9-16-26(29-18-19-30-26)17-15-23-24(21-11-4-2-5-12-21)31-25(27-23)22-13-6-3-7-14-22/h2-7,9,11-14,16,20,28H,8,10,15,17-19H2,1H3/b16-9+. The molecule has 0 radical (unpaired) electrons. The second-order valence-electron chi connectivity index (χ2n) is 7.86. The normalized spacial score (nSPS) is 16.7. The first kappa shape index (κ1) is 21.5. The van der Waals surface area contributed by atoms with Gasteiger partial charge in [0.1, 0.15) is 0 Å². The molecule has 3 aromatic rings. The first-order chi connectivity index (χ1) is 15.2. The van der Waals surface area contributed by atoms with E-state index in [4.69, 9.17) is 18.9 Å². The molecule has 1 fully saturated rings. The number of nitrogens with zero attached hydrogens (tertiary/aromatic N) is 1. The molecule has 4 rings (SSSR count). The zero-order valence-corrected chi connectivity index (χ0v) is 17.9. The van der Waals surface area contributed by atoms with Crippen LogP contribution in [-0.4, -0.2) is 35.2 Å². The van der Waals surface area contributed by atoms with E-state index in [1.165, 1.54) is 0 Å². The van der Waals surface area contributed by atoms with Crippen LogP contribution in [0.4, 0.5) is 0 Å². The van der Waals surface area contributed by atoms with E-state index in [0.717, 1.165) is 29.0 Å². The van der Waals surface area contributed by atoms with Gasteiger partial charge in [0.05, 0.1) is 25.0 Å². The molecule has 1 atom stereocenters. The molecule has 162 valence electrons. The van der Waals surface area contributed by atoms with Crippen LogP contribution in [0.15, 0.2) is 77.2 Å². The van der Waals surface area contributed by atoms with Crippen LogP contribution in [0.25, 0.3) is 22.8 Å². The summed E-state index contributed by atoms with van der Waals surface area (Å²) in [6, 6.07) is 20.0. The van der Waals surface area contributed by atoms with Gasteiger partial charge in [0.2, 0.25) is 5.89 Å². The highest BCUT2D eigenvalue weighted by Crippen LogP contribution is 2.33. The average Bonchev–Trinajstić information content (AvgIpc) is 3.44. The van der Waals surface area contributed by atoms with Crippen LogP contribution >= 0.6 is 0 Å². The van der Waals surface area contributed by atoms with E-state index in [9.17, 15) is 5.11 Å². The van der Waals surface area contributed by atoms with Gasteiger partial charge < -0.3 is 19.0 Å². The number of hydrogen-bond donors (Lipinski definition) is 1. The van der Waals surface area contributed by atoms with Crippen LogP contribution < -0.4 is 0 Å². The lowest BCUT2D eigenvalue weighted by atomic mass is 10.0. The first-order valence-electron chi connectivity index (χ1n) is 10.9. The van der Waals surface area contributed by atoms with Crippen LogP contribution in [0.2, 0.25) is 0 Å². The van der Waals surface area contributed by atoms with Gasteiger partial charge in [0.25, 0.3) is 0 Å². The topological polar surface area (TPSA) is 64.7 Å². The van der Waals surface area contributed by atoms with Crippen LogP contribution in [0.1, 0.15) is 31.9 Å². The van der Waals surface area contributed by atoms with Gasteiger partial charge in [-0.05, 0) is 44.4 Å². The predicted molar refractivity (Wildman–Crippen MR) is 120 cm³/mol. The molecule has 0 bridgehead atoms. The highest BCUT2D eigenvalue weighted by molar-refractivity contribution is 5.64. The lowest BCUT2D eigenvalue weighted by Crippen LogP contribution is -2.28. The number of aliphatic hydroxyl groups is 1. The van der Waals surface area contributed by atoms with Gasteiger partial charge in [-0.2, -0.15) is 0 Å². The summed E-state index contributed by atoms with van der Waals surface area (Å²) in [5.41, 5.74) is 2.84. The summed E-state index contributed by atoms with van der Waals surface area (Å²) >= 11 is 0. The van der Waals surface area contributed by atoms with Crippen molar-refractivity contribution in [2.24, 2.45) is 0 Å². The highest BCUT2D eigenvalue weighted by Gasteiger charge is 2.34. The fourth-order valence-electron chi connectivity index (χ4n) is 3.73. The third-order valence-corrected chi connectivity index (χ3v) is 5.36. The van der Waals surface area contributed by atoms with E-state index in [2.05, 4.69) is 0 Å². The molecule has 31 heavy (non-hydrogen) atoms. The lowest BCUT2D eigenvalue weighted by Gasteiger charge is -2.23. The summed E-state index contributed by atoms with van der Waals surface area (Å²) in [5.74, 6) is 0.647. The second-order valence-corrected chi connectivity index (χ2v) is 7.86. The number of aromatic nitrogens is 1. The van der Waals surface area contributed by atoms with Crippen molar-refractivity contribution in [1.82, 2.24) is 4.98 Å². The van der Waals surface area contributed by atoms with Gasteiger partial charge in [0.15, 0.2) is 11.5 Å². The van der Waals surface area contributed by atoms with E-state index in [-0.39, 0.29) is 6.10 Å². The van der Waals surface area contributed by atoms with Crippen molar-refractivity contribution in [3.8, 4) is 22.8 Å². The molecule has 0 spiro atoms. The van der Waals surface area contributed by atoms with Gasteiger partial charge in [-0.1, -0.05) is 54.6 Å². The van der Waals surface area contributed by atoms with Crippen molar-refractivity contribution in [1.29, 1.82) is 0 Å². The molecule has 0 amide bonds. The number of allylic oxidation sites excluding steroid dienone is 1. The fourth-order valence-corrected chi connectivity index (χ4v) is 3.73. The molecule has 1 aromatic heterocycles. The Morgan fingerprint density at radius 3 is 2.29 bits per heavy atom. The Balaban J connectivity index is 1.57. The maximum Gasteiger partial charge on any atom is 0.227 e. The molecule has 2 heterocycles. The fraction of sp³-hybridized carbons (Fsp3) is 0.346. The Morgan fingerprint density at radius 1 is 1.00 bits per heavy atom. The molecule has 0 saturated carbocycles. The number of aryl methyl sites for hydroxylation is 1. The van der Waals surface area contributed by atoms with Crippen molar-refractivity contribution in [2.45, 2.75) is 44.5 Å². The minimum Gasteiger partial charge on any atom is -0.436 e. The van der Waals surface area contributed by atoms with E-state index in [1.54, 1.807) is 6.92 Å². The molecular weight excluding hydrogens is 390 g/mol. The molecule has 5 heteroatoms. The summed E-state index contributed by atoms with van der Waals surface area (Å²) in [6.45, 7) is 2.94. The molecular formula is C26H29NO4. The van der Waals surface area contributed by atoms with Crippen molar-refractivity contribution in [3.05, 3.63) is 78.5 Å². The SMILES string of the molecule is CC(O)CC/C=C/C1(CCc2nc(-c3ccccc3)oc2-c2ccccc2)OCCO1. The maximum absolute atomic E-state index is 9.48. The molecule has 0 aliphatic carbocycles. The van der Waals surface area contributed by atoms with Gasteiger partial charge in [-0.15, -0.1) is 0 Å². The van der Waals surface area contributed by atoms with Crippen LogP contribution in [0.3, 0.4) is 0 Å². The molecule has 5 nitrogen and oxygen atoms in total. The van der Waals surface area contributed by atoms with Gasteiger partial charge in [-0.3, -0.25) is 0 Å². The molecule has 1 aliphatic heterocycles.